The molecular weight excluding hydrogens is 287 g/mol. The number of carbonyl (C=O) groups excluding carboxylic acids is 1. The van der Waals surface area contributed by atoms with Crippen LogP contribution in [0.15, 0.2) is 0 Å². The number of hydrogen-bond acceptors (Lipinski definition) is 5. The molecule has 0 aliphatic heterocycles. The largest absolute Gasteiger partial charge is 0.460 e. The van der Waals surface area contributed by atoms with Gasteiger partial charge in [-0.15, -0.1) is 0 Å². The second-order valence-corrected chi connectivity index (χ2v) is 8.15. The number of carbonyl (C=O) groups is 1. The highest BCUT2D eigenvalue weighted by Gasteiger charge is 2.29. The summed E-state index contributed by atoms with van der Waals surface area (Å²) in [6, 6.07) is 2.59. The van der Waals surface area contributed by atoms with Gasteiger partial charge >= 0.3 is 5.97 Å². The van der Waals surface area contributed by atoms with Crippen molar-refractivity contribution in [3.8, 4) is 6.07 Å². The second-order valence-electron chi connectivity index (χ2n) is 6.41. The van der Waals surface area contributed by atoms with Crippen molar-refractivity contribution in [1.29, 1.82) is 5.26 Å². The maximum absolute atomic E-state index is 12.1. The number of rotatable bonds is 8. The molecule has 0 heterocycles. The average molecular weight is 316 g/mol. The minimum Gasteiger partial charge on any atom is -0.460 e. The number of esters is 1. The molecule has 0 aliphatic carbocycles. The fourth-order valence-electron chi connectivity index (χ4n) is 1.99. The first-order chi connectivity index (χ1) is 9.58. The molecule has 0 saturated carbocycles. The molecule has 0 amide bonds. The van der Waals surface area contributed by atoms with E-state index in [-0.39, 0.29) is 24.2 Å². The zero-order chi connectivity index (χ0) is 16.6. The molecule has 0 rings (SSSR count). The third kappa shape index (κ3) is 9.03. The van der Waals surface area contributed by atoms with Crippen LogP contribution in [0.2, 0.25) is 0 Å². The quantitative estimate of drug-likeness (QED) is 0.388. The van der Waals surface area contributed by atoms with E-state index in [1.54, 1.807) is 0 Å². The third-order valence-electron chi connectivity index (χ3n) is 2.45. The van der Waals surface area contributed by atoms with Crippen LogP contribution < -0.4 is 0 Å². The van der Waals surface area contributed by atoms with Crippen LogP contribution in [0.3, 0.4) is 0 Å². The molecule has 0 bridgehead atoms. The molecule has 0 radical (unpaired) electrons. The summed E-state index contributed by atoms with van der Waals surface area (Å²) in [6.45, 7) is 14.2. The Morgan fingerprint density at radius 1 is 1.24 bits per heavy atom. The molecule has 0 aromatic carbocycles. The Labute approximate surface area is 130 Å². The van der Waals surface area contributed by atoms with E-state index in [1.807, 2.05) is 20.8 Å². The van der Waals surface area contributed by atoms with Crippen LogP contribution in [0.5, 0.6) is 0 Å². The van der Waals surface area contributed by atoms with Crippen LogP contribution >= 0.6 is 8.30 Å². The molecule has 122 valence electrons. The van der Waals surface area contributed by atoms with Crippen molar-refractivity contribution in [2.75, 3.05) is 12.8 Å². The van der Waals surface area contributed by atoms with Gasteiger partial charge in [0.15, 0.2) is 0 Å². The Kier molecular flexibility index (Phi) is 9.04. The summed E-state index contributed by atoms with van der Waals surface area (Å²) in [6.07, 6.45) is 0.561. The van der Waals surface area contributed by atoms with Crippen LogP contribution in [-0.2, 0) is 14.1 Å². The first-order valence-corrected chi connectivity index (χ1v) is 8.75. The molecule has 6 heteroatoms. The van der Waals surface area contributed by atoms with E-state index in [2.05, 4.69) is 38.4 Å². The summed E-state index contributed by atoms with van der Waals surface area (Å²) in [5.41, 5.74) is -0.495. The molecule has 0 aliphatic rings. The second kappa shape index (κ2) is 9.35. The van der Waals surface area contributed by atoms with Crippen molar-refractivity contribution in [2.45, 2.75) is 72.6 Å². The van der Waals surface area contributed by atoms with Gasteiger partial charge in [-0.2, -0.15) is 5.26 Å². The van der Waals surface area contributed by atoms with Crippen LogP contribution in [0.4, 0.5) is 0 Å². The van der Waals surface area contributed by atoms with Gasteiger partial charge in [0, 0.05) is 12.1 Å². The van der Waals surface area contributed by atoms with Gasteiger partial charge in [0.1, 0.15) is 20.1 Å². The molecule has 0 aromatic heterocycles. The molecule has 0 aromatic rings. The summed E-state index contributed by atoms with van der Waals surface area (Å²) in [5, 5.41) is 8.64. The molecule has 0 fully saturated rings. The summed E-state index contributed by atoms with van der Waals surface area (Å²) in [5.74, 6) is -0.253. The summed E-state index contributed by atoms with van der Waals surface area (Å²) >= 11 is 0. The summed E-state index contributed by atoms with van der Waals surface area (Å²) in [7, 11) is -1.10. The lowest BCUT2D eigenvalue weighted by atomic mass is 10.2. The zero-order valence-electron chi connectivity index (χ0n) is 14.3. The predicted octanol–water partition coefficient (Wildman–Crippen LogP) is 3.69. The standard InChI is InChI=1S/C15H29N2O3P/c1-12(2)17(13(3)4)21(19-10-8-9-16)11-14(18)20-15(5,6)7/h12-13H,8,10-11H2,1-7H3. The molecule has 1 unspecified atom stereocenters. The third-order valence-corrected chi connectivity index (χ3v) is 4.90. The minimum absolute atomic E-state index is 0.231. The molecule has 1 atom stereocenters. The lowest BCUT2D eigenvalue weighted by Gasteiger charge is -2.37. The Morgan fingerprint density at radius 2 is 1.76 bits per heavy atom. The molecule has 0 saturated heterocycles. The fraction of sp³-hybridized carbons (Fsp3) is 0.867. The van der Waals surface area contributed by atoms with Crippen LogP contribution in [0.1, 0.15) is 54.9 Å². The van der Waals surface area contributed by atoms with E-state index in [0.29, 0.717) is 13.0 Å². The fourth-order valence-corrected chi connectivity index (χ4v) is 3.99. The predicted molar refractivity (Wildman–Crippen MR) is 85.9 cm³/mol. The van der Waals surface area contributed by atoms with Gasteiger partial charge in [-0.25, -0.2) is 0 Å². The van der Waals surface area contributed by atoms with E-state index >= 15 is 0 Å². The smallest absolute Gasteiger partial charge is 0.314 e. The summed E-state index contributed by atoms with van der Waals surface area (Å²) in [4.78, 5) is 12.1. The van der Waals surface area contributed by atoms with Gasteiger partial charge in [0.2, 0.25) is 0 Å². The maximum Gasteiger partial charge on any atom is 0.314 e. The lowest BCUT2D eigenvalue weighted by molar-refractivity contribution is -0.151. The highest BCUT2D eigenvalue weighted by atomic mass is 31.2. The Bertz CT molecular complexity index is 351. The summed E-state index contributed by atoms with van der Waals surface area (Å²) < 4.78 is 13.4. The van der Waals surface area contributed by atoms with E-state index in [9.17, 15) is 4.79 Å². The first kappa shape index (κ1) is 20.3. The van der Waals surface area contributed by atoms with Crippen LogP contribution in [0.25, 0.3) is 0 Å². The molecule has 21 heavy (non-hydrogen) atoms. The van der Waals surface area contributed by atoms with Crippen molar-refractivity contribution < 1.29 is 14.1 Å². The van der Waals surface area contributed by atoms with Gasteiger partial charge in [0.05, 0.1) is 19.1 Å². The molecule has 0 spiro atoms. The SMILES string of the molecule is CC(C)N(C(C)C)P(CC(=O)OC(C)(C)C)OCCC#N. The van der Waals surface area contributed by atoms with Gasteiger partial charge < -0.3 is 9.26 Å². The van der Waals surface area contributed by atoms with E-state index in [1.165, 1.54) is 0 Å². The van der Waals surface area contributed by atoms with E-state index in [4.69, 9.17) is 14.5 Å². The Morgan fingerprint density at radius 3 is 2.14 bits per heavy atom. The van der Waals surface area contributed by atoms with Crippen molar-refractivity contribution in [2.24, 2.45) is 0 Å². The average Bonchev–Trinajstić information content (AvgIpc) is 2.25. The highest BCUT2D eigenvalue weighted by molar-refractivity contribution is 7.51. The number of nitriles is 1. The van der Waals surface area contributed by atoms with Crippen LogP contribution in [0, 0.1) is 11.3 Å². The minimum atomic E-state index is -1.10. The van der Waals surface area contributed by atoms with Gasteiger partial charge in [-0.1, -0.05) is 0 Å². The van der Waals surface area contributed by atoms with Crippen molar-refractivity contribution in [3.63, 3.8) is 0 Å². The van der Waals surface area contributed by atoms with E-state index in [0.717, 1.165) is 0 Å². The highest BCUT2D eigenvalue weighted by Crippen LogP contribution is 2.45. The van der Waals surface area contributed by atoms with Gasteiger partial charge in [-0.3, -0.25) is 9.46 Å². The topological polar surface area (TPSA) is 62.6 Å². The van der Waals surface area contributed by atoms with Gasteiger partial charge in [0.25, 0.3) is 0 Å². The maximum atomic E-state index is 12.1. The normalized spacial score (nSPS) is 13.6. The zero-order valence-corrected chi connectivity index (χ0v) is 15.2. The van der Waals surface area contributed by atoms with Crippen molar-refractivity contribution in [1.82, 2.24) is 4.67 Å². The number of hydrogen-bond donors (Lipinski definition) is 0. The van der Waals surface area contributed by atoms with Crippen molar-refractivity contribution >= 4 is 14.3 Å². The van der Waals surface area contributed by atoms with E-state index < -0.39 is 13.9 Å². The monoisotopic (exact) mass is 316 g/mol. The van der Waals surface area contributed by atoms with Crippen LogP contribution in [-0.4, -0.2) is 41.1 Å². The number of nitrogens with zero attached hydrogens (tertiary/aromatic N) is 2. The lowest BCUT2D eigenvalue weighted by Crippen LogP contribution is -2.36. The van der Waals surface area contributed by atoms with Crippen molar-refractivity contribution in [3.05, 3.63) is 0 Å². The molecule has 5 nitrogen and oxygen atoms in total. The number of ether oxygens (including phenoxy) is 1. The first-order valence-electron chi connectivity index (χ1n) is 7.36. The Hall–Kier alpha value is -0.690. The molecule has 0 N–H and O–H groups in total. The molecular formula is C15H29N2O3P. The Balaban J connectivity index is 4.87. The van der Waals surface area contributed by atoms with Gasteiger partial charge in [-0.05, 0) is 48.5 Å².